The van der Waals surface area contributed by atoms with E-state index in [1.165, 1.54) is 4.31 Å². The van der Waals surface area contributed by atoms with Gasteiger partial charge in [0.25, 0.3) is 0 Å². The van der Waals surface area contributed by atoms with E-state index in [9.17, 15) is 13.2 Å². The molecule has 114 valence electrons. The predicted molar refractivity (Wildman–Crippen MR) is 77.3 cm³/mol. The summed E-state index contributed by atoms with van der Waals surface area (Å²) in [5.74, 6) is -0.685. The van der Waals surface area contributed by atoms with Gasteiger partial charge in [0.15, 0.2) is 0 Å². The van der Waals surface area contributed by atoms with Crippen molar-refractivity contribution in [2.45, 2.75) is 24.7 Å². The largest absolute Gasteiger partial charge is 0.481 e. The number of benzene rings is 1. The third-order valence-corrected chi connectivity index (χ3v) is 6.61. The Hall–Kier alpha value is -1.40. The summed E-state index contributed by atoms with van der Waals surface area (Å²) in [6, 6.07) is 6.86. The highest BCUT2D eigenvalue weighted by Gasteiger charge is 2.55. The van der Waals surface area contributed by atoms with Crippen molar-refractivity contribution in [2.75, 3.05) is 13.1 Å². The van der Waals surface area contributed by atoms with E-state index in [-0.39, 0.29) is 17.8 Å². The highest BCUT2D eigenvalue weighted by molar-refractivity contribution is 7.89. The molecule has 0 spiro atoms. The fourth-order valence-corrected chi connectivity index (χ4v) is 4.87. The Morgan fingerprint density at radius 3 is 2.14 bits per heavy atom. The van der Waals surface area contributed by atoms with Gasteiger partial charge in [-0.3, -0.25) is 4.79 Å². The molecule has 1 aromatic carbocycles. The van der Waals surface area contributed by atoms with Crippen LogP contribution in [0.15, 0.2) is 29.2 Å². The van der Waals surface area contributed by atoms with Crippen molar-refractivity contribution in [3.05, 3.63) is 29.8 Å². The molecule has 1 aliphatic heterocycles. The number of aryl methyl sites for hydroxylation is 1. The van der Waals surface area contributed by atoms with E-state index in [2.05, 4.69) is 0 Å². The first kappa shape index (κ1) is 14.5. The number of sulfonamides is 1. The Morgan fingerprint density at radius 2 is 1.67 bits per heavy atom. The van der Waals surface area contributed by atoms with Gasteiger partial charge in [0.1, 0.15) is 0 Å². The first-order valence-electron chi connectivity index (χ1n) is 7.21. The van der Waals surface area contributed by atoms with Gasteiger partial charge in [-0.2, -0.15) is 4.31 Å². The summed E-state index contributed by atoms with van der Waals surface area (Å²) in [5.41, 5.74) is 1.02. The smallest absolute Gasteiger partial charge is 0.307 e. The molecule has 0 bridgehead atoms. The summed E-state index contributed by atoms with van der Waals surface area (Å²) in [4.78, 5) is 11.4. The first-order chi connectivity index (χ1) is 9.91. The molecule has 1 N–H and O–H groups in total. The molecule has 2 fully saturated rings. The molecule has 1 aliphatic carbocycles. The van der Waals surface area contributed by atoms with Crippen LogP contribution >= 0.6 is 0 Å². The predicted octanol–water partition coefficient (Wildman–Crippen LogP) is 1.73. The molecule has 1 heterocycles. The second-order valence-corrected chi connectivity index (χ2v) is 7.92. The number of fused-ring (bicyclic) bond motifs is 1. The van der Waals surface area contributed by atoms with Crippen molar-refractivity contribution in [3.63, 3.8) is 0 Å². The molecule has 21 heavy (non-hydrogen) atoms. The normalized spacial score (nSPS) is 29.5. The molecule has 6 heteroatoms. The Labute approximate surface area is 124 Å². The summed E-state index contributed by atoms with van der Waals surface area (Å²) >= 11 is 0. The van der Waals surface area contributed by atoms with E-state index in [0.717, 1.165) is 5.56 Å². The number of carboxylic acids is 1. The maximum absolute atomic E-state index is 12.6. The molecule has 1 aromatic rings. The van der Waals surface area contributed by atoms with Crippen LogP contribution in [0.1, 0.15) is 18.4 Å². The van der Waals surface area contributed by atoms with Gasteiger partial charge in [-0.05, 0) is 43.7 Å². The highest BCUT2D eigenvalue weighted by Crippen LogP contribution is 2.52. The van der Waals surface area contributed by atoms with E-state index in [1.54, 1.807) is 24.3 Å². The minimum atomic E-state index is -3.46. The fraction of sp³-hybridized carbons (Fsp3) is 0.533. The maximum atomic E-state index is 12.6. The Morgan fingerprint density at radius 1 is 1.14 bits per heavy atom. The molecule has 1 saturated heterocycles. The van der Waals surface area contributed by atoms with Crippen molar-refractivity contribution in [1.29, 1.82) is 0 Å². The second-order valence-electron chi connectivity index (χ2n) is 5.99. The van der Waals surface area contributed by atoms with E-state index >= 15 is 0 Å². The summed E-state index contributed by atoms with van der Waals surface area (Å²) in [5, 5.41) is 9.07. The fourth-order valence-electron chi connectivity index (χ4n) is 3.40. The zero-order valence-electron chi connectivity index (χ0n) is 11.9. The lowest BCUT2D eigenvalue weighted by Gasteiger charge is -2.21. The number of carbonyl (C=O) groups is 1. The zero-order valence-corrected chi connectivity index (χ0v) is 12.7. The number of hydrogen-bond acceptors (Lipinski definition) is 3. The summed E-state index contributed by atoms with van der Waals surface area (Å²) in [6.45, 7) is 2.75. The molecule has 0 unspecified atom stereocenters. The van der Waals surface area contributed by atoms with E-state index in [1.807, 2.05) is 6.92 Å². The van der Waals surface area contributed by atoms with Crippen molar-refractivity contribution in [2.24, 2.45) is 17.8 Å². The van der Waals surface area contributed by atoms with Gasteiger partial charge in [0.2, 0.25) is 10.0 Å². The SMILES string of the molecule is Cc1ccc(S(=O)(=O)N2CC[C@H]3C(C(=O)O)[C@@H]3CC2)cc1. The summed E-state index contributed by atoms with van der Waals surface area (Å²) < 4.78 is 26.7. The summed E-state index contributed by atoms with van der Waals surface area (Å²) in [6.07, 6.45) is 1.29. The molecule has 1 saturated carbocycles. The van der Waals surface area contributed by atoms with E-state index in [0.29, 0.717) is 30.8 Å². The number of rotatable bonds is 3. The van der Waals surface area contributed by atoms with Gasteiger partial charge < -0.3 is 5.11 Å². The molecule has 5 nitrogen and oxygen atoms in total. The molecule has 0 radical (unpaired) electrons. The number of hydrogen-bond donors (Lipinski definition) is 1. The van der Waals surface area contributed by atoms with Crippen molar-refractivity contribution < 1.29 is 18.3 Å². The van der Waals surface area contributed by atoms with Crippen molar-refractivity contribution in [3.8, 4) is 0 Å². The number of nitrogens with zero attached hydrogens (tertiary/aromatic N) is 1. The minimum Gasteiger partial charge on any atom is -0.481 e. The number of carboxylic acid groups (broad SMARTS) is 1. The molecule has 0 amide bonds. The van der Waals surface area contributed by atoms with Crippen LogP contribution in [0.4, 0.5) is 0 Å². The highest BCUT2D eigenvalue weighted by atomic mass is 32.2. The van der Waals surface area contributed by atoms with Gasteiger partial charge >= 0.3 is 5.97 Å². The topological polar surface area (TPSA) is 74.7 Å². The second kappa shape index (κ2) is 5.10. The lowest BCUT2D eigenvalue weighted by atomic mass is 10.2. The van der Waals surface area contributed by atoms with Crippen LogP contribution in [0, 0.1) is 24.7 Å². The van der Waals surface area contributed by atoms with Crippen LogP contribution in [-0.2, 0) is 14.8 Å². The van der Waals surface area contributed by atoms with Crippen LogP contribution in [0.25, 0.3) is 0 Å². The standard InChI is InChI=1S/C15H19NO4S/c1-10-2-4-11(5-3-10)21(19,20)16-8-6-12-13(7-9-16)14(12)15(17)18/h2-5,12-14H,6-9H2,1H3,(H,17,18)/t12-,13-/m1/s1. The quantitative estimate of drug-likeness (QED) is 0.922. The van der Waals surface area contributed by atoms with Crippen molar-refractivity contribution in [1.82, 2.24) is 4.31 Å². The average molecular weight is 309 g/mol. The van der Waals surface area contributed by atoms with Crippen LogP contribution in [0.2, 0.25) is 0 Å². The van der Waals surface area contributed by atoms with Crippen LogP contribution in [-0.4, -0.2) is 36.9 Å². The summed E-state index contributed by atoms with van der Waals surface area (Å²) in [7, 11) is -3.46. The third kappa shape index (κ3) is 2.58. The molecule has 3 rings (SSSR count). The van der Waals surface area contributed by atoms with Gasteiger partial charge in [-0.15, -0.1) is 0 Å². The lowest BCUT2D eigenvalue weighted by molar-refractivity contribution is -0.139. The van der Waals surface area contributed by atoms with Crippen LogP contribution < -0.4 is 0 Å². The van der Waals surface area contributed by atoms with Gasteiger partial charge in [0.05, 0.1) is 10.8 Å². The van der Waals surface area contributed by atoms with Crippen LogP contribution in [0.5, 0.6) is 0 Å². The lowest BCUT2D eigenvalue weighted by Crippen LogP contribution is -2.33. The third-order valence-electron chi connectivity index (χ3n) is 4.70. The first-order valence-corrected chi connectivity index (χ1v) is 8.65. The number of aliphatic carboxylic acids is 1. The molecular formula is C15H19NO4S. The van der Waals surface area contributed by atoms with Crippen molar-refractivity contribution >= 4 is 16.0 Å². The van der Waals surface area contributed by atoms with E-state index in [4.69, 9.17) is 5.11 Å². The van der Waals surface area contributed by atoms with Gasteiger partial charge in [-0.25, -0.2) is 8.42 Å². The Balaban J connectivity index is 1.74. The Bertz CT molecular complexity index is 639. The van der Waals surface area contributed by atoms with Crippen LogP contribution in [0.3, 0.4) is 0 Å². The molecular weight excluding hydrogens is 290 g/mol. The van der Waals surface area contributed by atoms with Gasteiger partial charge in [0, 0.05) is 13.1 Å². The maximum Gasteiger partial charge on any atom is 0.307 e. The monoisotopic (exact) mass is 309 g/mol. The molecule has 0 aromatic heterocycles. The van der Waals surface area contributed by atoms with Gasteiger partial charge in [-0.1, -0.05) is 17.7 Å². The Kier molecular flexibility index (Phi) is 3.53. The average Bonchev–Trinajstić information content (AvgIpc) is 3.13. The minimum absolute atomic E-state index is 0.153. The van der Waals surface area contributed by atoms with E-state index < -0.39 is 16.0 Å². The molecule has 2 aliphatic rings. The zero-order chi connectivity index (χ0) is 15.2. The molecule has 2 atom stereocenters.